The van der Waals surface area contributed by atoms with Crippen molar-refractivity contribution < 1.29 is 4.79 Å². The van der Waals surface area contributed by atoms with Gasteiger partial charge in [0.05, 0.1) is 5.56 Å². The molecule has 0 bridgehead atoms. The molecule has 0 saturated heterocycles. The largest absolute Gasteiger partial charge is 0.352 e. The molecule has 96 valence electrons. The minimum Gasteiger partial charge on any atom is -0.352 e. The van der Waals surface area contributed by atoms with E-state index < -0.39 is 0 Å². The Morgan fingerprint density at radius 2 is 1.82 bits per heavy atom. The second kappa shape index (κ2) is 6.20. The molecular weight excluding hydrogens is 230 g/mol. The van der Waals surface area contributed by atoms with Crippen LogP contribution >= 0.6 is 11.3 Å². The van der Waals surface area contributed by atoms with Gasteiger partial charge in [0.2, 0.25) is 0 Å². The first-order valence-corrected chi connectivity index (χ1v) is 7.18. The first-order valence-electron chi connectivity index (χ1n) is 6.24. The average Bonchev–Trinajstić information content (AvgIpc) is 2.63. The first-order chi connectivity index (χ1) is 7.93. The lowest BCUT2D eigenvalue weighted by molar-refractivity contribution is 0.0937. The molecule has 0 radical (unpaired) electrons. The van der Waals surface area contributed by atoms with Crippen molar-refractivity contribution in [3.8, 4) is 0 Å². The van der Waals surface area contributed by atoms with Crippen molar-refractivity contribution in [2.75, 3.05) is 6.54 Å². The first kappa shape index (κ1) is 14.2. The highest BCUT2D eigenvalue weighted by atomic mass is 32.1. The van der Waals surface area contributed by atoms with Crippen molar-refractivity contribution in [1.29, 1.82) is 0 Å². The summed E-state index contributed by atoms with van der Waals surface area (Å²) in [4.78, 5) is 12.0. The maximum absolute atomic E-state index is 12.0. The number of rotatable bonds is 5. The molecule has 0 aliphatic rings. The molecule has 1 amide bonds. The van der Waals surface area contributed by atoms with Crippen LogP contribution in [0.3, 0.4) is 0 Å². The molecule has 1 aromatic heterocycles. The molecule has 3 heteroatoms. The van der Waals surface area contributed by atoms with Gasteiger partial charge in [0.25, 0.3) is 5.91 Å². The van der Waals surface area contributed by atoms with E-state index in [0.29, 0.717) is 17.8 Å². The maximum Gasteiger partial charge on any atom is 0.252 e. The van der Waals surface area contributed by atoms with Crippen LogP contribution < -0.4 is 5.32 Å². The van der Waals surface area contributed by atoms with Crippen LogP contribution in [0.25, 0.3) is 0 Å². The van der Waals surface area contributed by atoms with Crippen LogP contribution in [0.5, 0.6) is 0 Å². The summed E-state index contributed by atoms with van der Waals surface area (Å²) in [6.07, 6.45) is 0. The Balaban J connectivity index is 2.56. The molecule has 0 atom stereocenters. The lowest BCUT2D eigenvalue weighted by Crippen LogP contribution is -2.34. The minimum absolute atomic E-state index is 0.0649. The third kappa shape index (κ3) is 3.84. The van der Waals surface area contributed by atoms with Gasteiger partial charge in [-0.3, -0.25) is 4.79 Å². The monoisotopic (exact) mass is 253 g/mol. The molecule has 0 aromatic carbocycles. The van der Waals surface area contributed by atoms with E-state index in [4.69, 9.17) is 0 Å². The summed E-state index contributed by atoms with van der Waals surface area (Å²) >= 11 is 1.58. The van der Waals surface area contributed by atoms with Crippen molar-refractivity contribution in [1.82, 2.24) is 5.32 Å². The summed E-state index contributed by atoms with van der Waals surface area (Å²) in [6.45, 7) is 11.6. The summed E-state index contributed by atoms with van der Waals surface area (Å²) in [5, 5.41) is 6.99. The summed E-state index contributed by atoms with van der Waals surface area (Å²) < 4.78 is 0. The second-order valence-corrected chi connectivity index (χ2v) is 6.07. The van der Waals surface area contributed by atoms with Crippen LogP contribution in [0.2, 0.25) is 0 Å². The quantitative estimate of drug-likeness (QED) is 0.851. The van der Waals surface area contributed by atoms with Crippen molar-refractivity contribution >= 4 is 17.2 Å². The van der Waals surface area contributed by atoms with Crippen molar-refractivity contribution in [2.24, 2.45) is 17.8 Å². The number of nitrogens with one attached hydrogen (secondary N) is 1. The molecular formula is C14H23NOS. The van der Waals surface area contributed by atoms with Gasteiger partial charge in [-0.2, -0.15) is 11.3 Å². The number of hydrogen-bond donors (Lipinski definition) is 1. The van der Waals surface area contributed by atoms with Gasteiger partial charge in [0.15, 0.2) is 0 Å². The van der Waals surface area contributed by atoms with Crippen LogP contribution in [0.4, 0.5) is 0 Å². The Kier molecular flexibility index (Phi) is 5.19. The predicted molar refractivity (Wildman–Crippen MR) is 74.6 cm³/mol. The van der Waals surface area contributed by atoms with Gasteiger partial charge in [-0.15, -0.1) is 0 Å². The highest BCUT2D eigenvalue weighted by Gasteiger charge is 2.19. The second-order valence-electron chi connectivity index (χ2n) is 5.33. The highest BCUT2D eigenvalue weighted by Crippen LogP contribution is 2.20. The predicted octanol–water partition coefficient (Wildman–Crippen LogP) is 3.71. The van der Waals surface area contributed by atoms with Gasteiger partial charge in [-0.1, -0.05) is 27.7 Å². The summed E-state index contributed by atoms with van der Waals surface area (Å²) in [6, 6.07) is 0. The molecule has 1 N–H and O–H groups in total. The topological polar surface area (TPSA) is 29.1 Å². The fourth-order valence-corrected chi connectivity index (χ4v) is 2.97. The van der Waals surface area contributed by atoms with Crippen LogP contribution in [0.15, 0.2) is 10.8 Å². The zero-order chi connectivity index (χ0) is 13.0. The zero-order valence-electron chi connectivity index (χ0n) is 11.4. The van der Waals surface area contributed by atoms with Gasteiger partial charge in [0, 0.05) is 11.9 Å². The Morgan fingerprint density at radius 1 is 1.24 bits per heavy atom. The summed E-state index contributed by atoms with van der Waals surface area (Å²) in [7, 11) is 0. The van der Waals surface area contributed by atoms with E-state index in [0.717, 1.165) is 17.7 Å². The van der Waals surface area contributed by atoms with Crippen LogP contribution in [-0.2, 0) is 0 Å². The molecule has 0 spiro atoms. The molecule has 0 unspecified atom stereocenters. The van der Waals surface area contributed by atoms with E-state index in [2.05, 4.69) is 33.0 Å². The van der Waals surface area contributed by atoms with E-state index in [1.807, 2.05) is 17.7 Å². The molecule has 1 aromatic rings. The van der Waals surface area contributed by atoms with Crippen molar-refractivity contribution in [2.45, 2.75) is 34.6 Å². The van der Waals surface area contributed by atoms with Gasteiger partial charge < -0.3 is 5.32 Å². The lowest BCUT2D eigenvalue weighted by Gasteiger charge is -2.25. The molecule has 0 aliphatic carbocycles. The molecule has 2 nitrogen and oxygen atoms in total. The molecule has 1 heterocycles. The Hall–Kier alpha value is -0.830. The fourth-order valence-electron chi connectivity index (χ4n) is 2.14. The standard InChI is InChI=1S/C14H23NOS/c1-9(2)12(10(3)4)6-15-14(16)13-8-17-7-11(13)5/h7-10,12H,6H2,1-5H3,(H,15,16). The SMILES string of the molecule is Cc1cscc1C(=O)NCC(C(C)C)C(C)C. The Bertz CT molecular complexity index is 360. The van der Waals surface area contributed by atoms with E-state index in [-0.39, 0.29) is 5.91 Å². The summed E-state index contributed by atoms with van der Waals surface area (Å²) in [5.74, 6) is 1.80. The molecule has 0 aliphatic heterocycles. The van der Waals surface area contributed by atoms with Gasteiger partial charge >= 0.3 is 0 Å². The molecule has 1 rings (SSSR count). The third-order valence-corrected chi connectivity index (χ3v) is 4.17. The van der Waals surface area contributed by atoms with Crippen LogP contribution in [-0.4, -0.2) is 12.5 Å². The molecule has 0 saturated carbocycles. The number of thiophene rings is 1. The van der Waals surface area contributed by atoms with Crippen molar-refractivity contribution in [3.63, 3.8) is 0 Å². The van der Waals surface area contributed by atoms with Gasteiger partial charge in [0.1, 0.15) is 0 Å². The zero-order valence-corrected chi connectivity index (χ0v) is 12.2. The minimum atomic E-state index is 0.0649. The number of hydrogen-bond acceptors (Lipinski definition) is 2. The highest BCUT2D eigenvalue weighted by molar-refractivity contribution is 7.08. The number of carbonyl (C=O) groups excluding carboxylic acids is 1. The lowest BCUT2D eigenvalue weighted by atomic mass is 9.85. The van der Waals surface area contributed by atoms with E-state index >= 15 is 0 Å². The van der Waals surface area contributed by atoms with Gasteiger partial charge in [-0.25, -0.2) is 0 Å². The maximum atomic E-state index is 12.0. The van der Waals surface area contributed by atoms with Crippen molar-refractivity contribution in [3.05, 3.63) is 21.9 Å². The van der Waals surface area contributed by atoms with Crippen LogP contribution in [0, 0.1) is 24.7 Å². The third-order valence-electron chi connectivity index (χ3n) is 3.31. The number of amides is 1. The Labute approximate surface area is 108 Å². The summed E-state index contributed by atoms with van der Waals surface area (Å²) in [5.41, 5.74) is 1.89. The molecule has 0 fully saturated rings. The van der Waals surface area contributed by atoms with Gasteiger partial charge in [-0.05, 0) is 35.6 Å². The smallest absolute Gasteiger partial charge is 0.252 e. The van der Waals surface area contributed by atoms with E-state index in [9.17, 15) is 4.79 Å². The Morgan fingerprint density at radius 3 is 2.24 bits per heavy atom. The van der Waals surface area contributed by atoms with E-state index in [1.54, 1.807) is 11.3 Å². The average molecular weight is 253 g/mol. The molecule has 17 heavy (non-hydrogen) atoms. The normalized spacial score (nSPS) is 11.5. The van der Waals surface area contributed by atoms with Crippen LogP contribution in [0.1, 0.15) is 43.6 Å². The fraction of sp³-hybridized carbons (Fsp3) is 0.643. The number of aryl methyl sites for hydroxylation is 1. The van der Waals surface area contributed by atoms with E-state index in [1.165, 1.54) is 0 Å². The number of carbonyl (C=O) groups is 1.